The topological polar surface area (TPSA) is 0 Å². The second-order valence-electron chi connectivity index (χ2n) is 1.73. The van der Waals surface area contributed by atoms with E-state index in [0.717, 1.165) is 10.0 Å². The van der Waals surface area contributed by atoms with Crippen LogP contribution in [0.25, 0.3) is 0 Å². The number of hydrogen-bond donors (Lipinski definition) is 0. The van der Waals surface area contributed by atoms with Crippen molar-refractivity contribution in [1.29, 1.82) is 0 Å². The molecule has 0 N–H and O–H groups in total. The van der Waals surface area contributed by atoms with E-state index in [1.165, 1.54) is 0 Å². The summed E-state index contributed by atoms with van der Waals surface area (Å²) in [5.41, 5.74) is 1.14. The maximum Gasteiger partial charge on any atom is 0.0485 e. The van der Waals surface area contributed by atoms with Crippen molar-refractivity contribution in [3.05, 3.63) is 34.3 Å². The molecule has 0 aliphatic carbocycles. The van der Waals surface area contributed by atoms with E-state index in [9.17, 15) is 0 Å². The molecular weight excluding hydrogens is 235 g/mol. The van der Waals surface area contributed by atoms with Crippen LogP contribution in [-0.4, -0.2) is 0 Å². The van der Waals surface area contributed by atoms with Crippen LogP contribution >= 0.6 is 39.9 Å². The molecule has 0 radical (unpaired) electrons. The lowest BCUT2D eigenvalue weighted by molar-refractivity contribution is 1.37. The van der Waals surface area contributed by atoms with E-state index in [1.807, 2.05) is 24.3 Å². The van der Waals surface area contributed by atoms with Gasteiger partial charge in [0.15, 0.2) is 0 Å². The molecule has 0 fully saturated rings. The van der Waals surface area contributed by atoms with Gasteiger partial charge in [0.1, 0.15) is 0 Å². The summed E-state index contributed by atoms with van der Waals surface area (Å²) >= 11 is 8.97. The van der Waals surface area contributed by atoms with Crippen molar-refractivity contribution in [2.75, 3.05) is 0 Å². The van der Waals surface area contributed by atoms with Gasteiger partial charge in [-0.05, 0) is 11.6 Å². The van der Waals surface area contributed by atoms with Crippen molar-refractivity contribution in [3.8, 4) is 0 Å². The predicted octanol–water partition coefficient (Wildman–Crippen LogP) is 3.61. The average molecular weight is 242 g/mol. The summed E-state index contributed by atoms with van der Waals surface area (Å²) in [7, 11) is 0. The highest BCUT2D eigenvalue weighted by molar-refractivity contribution is 9.10. The number of benzene rings is 1. The fraction of sp³-hybridized carbons (Fsp3) is 0.143. The standard InChI is InChI=1S/C7H6BrCl.ClH/c8-7-4-2-1-3-6(7)5-9;/h1-4H,5H2;1H. The first-order valence-electron chi connectivity index (χ1n) is 2.64. The van der Waals surface area contributed by atoms with Gasteiger partial charge in [-0.15, -0.1) is 24.0 Å². The molecule has 0 atom stereocenters. The van der Waals surface area contributed by atoms with E-state index in [-0.39, 0.29) is 12.4 Å². The minimum Gasteiger partial charge on any atom is -0.147 e. The zero-order valence-electron chi connectivity index (χ0n) is 5.18. The molecule has 0 heterocycles. The SMILES string of the molecule is Cl.ClCc1ccccc1Br. The third kappa shape index (κ3) is 2.49. The van der Waals surface area contributed by atoms with Crippen LogP contribution in [0.1, 0.15) is 5.56 Å². The molecule has 0 aliphatic heterocycles. The molecule has 0 saturated heterocycles. The van der Waals surface area contributed by atoms with E-state index >= 15 is 0 Å². The molecule has 1 aromatic carbocycles. The van der Waals surface area contributed by atoms with E-state index in [1.54, 1.807) is 0 Å². The molecule has 0 amide bonds. The van der Waals surface area contributed by atoms with Crippen molar-refractivity contribution in [2.45, 2.75) is 5.88 Å². The van der Waals surface area contributed by atoms with Crippen LogP contribution in [0.5, 0.6) is 0 Å². The number of alkyl halides is 1. The molecule has 0 aliphatic rings. The lowest BCUT2D eigenvalue weighted by Crippen LogP contribution is -1.76. The molecule has 56 valence electrons. The third-order valence-electron chi connectivity index (χ3n) is 1.10. The van der Waals surface area contributed by atoms with Gasteiger partial charge in [0.25, 0.3) is 0 Å². The highest BCUT2D eigenvalue weighted by Gasteiger charge is 1.92. The second-order valence-corrected chi connectivity index (χ2v) is 2.85. The van der Waals surface area contributed by atoms with Gasteiger partial charge in [-0.2, -0.15) is 0 Å². The van der Waals surface area contributed by atoms with Crippen LogP contribution in [0.15, 0.2) is 28.7 Å². The molecule has 0 unspecified atom stereocenters. The van der Waals surface area contributed by atoms with Gasteiger partial charge < -0.3 is 0 Å². The Morgan fingerprint density at radius 1 is 1.30 bits per heavy atom. The van der Waals surface area contributed by atoms with E-state index < -0.39 is 0 Å². The minimum atomic E-state index is 0. The first-order chi connectivity index (χ1) is 4.34. The lowest BCUT2D eigenvalue weighted by atomic mass is 10.2. The quantitative estimate of drug-likeness (QED) is 0.660. The Hall–Kier alpha value is 0.280. The van der Waals surface area contributed by atoms with Crippen LogP contribution in [0.3, 0.4) is 0 Å². The summed E-state index contributed by atoms with van der Waals surface area (Å²) in [6.07, 6.45) is 0. The van der Waals surface area contributed by atoms with E-state index in [4.69, 9.17) is 11.6 Å². The van der Waals surface area contributed by atoms with Crippen LogP contribution < -0.4 is 0 Å². The molecule has 1 rings (SSSR count). The first kappa shape index (κ1) is 10.3. The van der Waals surface area contributed by atoms with Gasteiger partial charge in [-0.1, -0.05) is 34.1 Å². The summed E-state index contributed by atoms with van der Waals surface area (Å²) in [4.78, 5) is 0. The van der Waals surface area contributed by atoms with E-state index in [2.05, 4.69) is 15.9 Å². The van der Waals surface area contributed by atoms with Crippen LogP contribution in [0.4, 0.5) is 0 Å². The Bertz CT molecular complexity index is 201. The maximum absolute atomic E-state index is 5.60. The molecule has 3 heteroatoms. The fourth-order valence-corrected chi connectivity index (χ4v) is 1.43. The summed E-state index contributed by atoms with van der Waals surface area (Å²) < 4.78 is 1.08. The smallest absolute Gasteiger partial charge is 0.0485 e. The lowest BCUT2D eigenvalue weighted by Gasteiger charge is -1.95. The average Bonchev–Trinajstić information content (AvgIpc) is 1.89. The Morgan fingerprint density at radius 2 is 1.90 bits per heavy atom. The normalized spacial score (nSPS) is 8.60. The largest absolute Gasteiger partial charge is 0.147 e. The molecule has 0 saturated carbocycles. The van der Waals surface area contributed by atoms with Crippen molar-refractivity contribution in [1.82, 2.24) is 0 Å². The maximum atomic E-state index is 5.60. The molecule has 0 spiro atoms. The zero-order valence-corrected chi connectivity index (χ0v) is 8.34. The number of halogens is 3. The van der Waals surface area contributed by atoms with Gasteiger partial charge in [-0.25, -0.2) is 0 Å². The monoisotopic (exact) mass is 240 g/mol. The highest BCUT2D eigenvalue weighted by Crippen LogP contribution is 2.16. The van der Waals surface area contributed by atoms with Gasteiger partial charge in [-0.3, -0.25) is 0 Å². The van der Waals surface area contributed by atoms with Gasteiger partial charge in [0.05, 0.1) is 0 Å². The zero-order chi connectivity index (χ0) is 6.69. The number of hydrogen-bond acceptors (Lipinski definition) is 0. The summed E-state index contributed by atoms with van der Waals surface area (Å²) in [5.74, 6) is 0.571. The van der Waals surface area contributed by atoms with Crippen LogP contribution in [-0.2, 0) is 5.88 Å². The second kappa shape index (κ2) is 5.00. The van der Waals surface area contributed by atoms with Crippen molar-refractivity contribution < 1.29 is 0 Å². The highest BCUT2D eigenvalue weighted by atomic mass is 79.9. The summed E-state index contributed by atoms with van der Waals surface area (Å²) in [6.45, 7) is 0. The first-order valence-corrected chi connectivity index (χ1v) is 3.96. The molecule has 10 heavy (non-hydrogen) atoms. The van der Waals surface area contributed by atoms with Crippen LogP contribution in [0, 0.1) is 0 Å². The Balaban J connectivity index is 0.000000810. The Labute approximate surface area is 80.1 Å². The van der Waals surface area contributed by atoms with Crippen LogP contribution in [0.2, 0.25) is 0 Å². The summed E-state index contributed by atoms with van der Waals surface area (Å²) in [6, 6.07) is 7.93. The van der Waals surface area contributed by atoms with Gasteiger partial charge >= 0.3 is 0 Å². The third-order valence-corrected chi connectivity index (χ3v) is 2.16. The summed E-state index contributed by atoms with van der Waals surface area (Å²) in [5, 5.41) is 0. The molecule has 0 bridgehead atoms. The molecule has 0 nitrogen and oxygen atoms in total. The van der Waals surface area contributed by atoms with Gasteiger partial charge in [0, 0.05) is 10.4 Å². The molecule has 0 aromatic heterocycles. The van der Waals surface area contributed by atoms with E-state index in [0.29, 0.717) is 5.88 Å². The predicted molar refractivity (Wildman–Crippen MR) is 50.9 cm³/mol. The van der Waals surface area contributed by atoms with Crippen molar-refractivity contribution >= 4 is 39.9 Å². The van der Waals surface area contributed by atoms with Crippen molar-refractivity contribution in [2.24, 2.45) is 0 Å². The number of rotatable bonds is 1. The Morgan fingerprint density at radius 3 is 2.30 bits per heavy atom. The minimum absolute atomic E-state index is 0. The van der Waals surface area contributed by atoms with Crippen molar-refractivity contribution in [3.63, 3.8) is 0 Å². The van der Waals surface area contributed by atoms with Gasteiger partial charge in [0.2, 0.25) is 0 Å². The molecular formula is C7H7BrCl2. The molecule has 1 aromatic rings. The fourth-order valence-electron chi connectivity index (χ4n) is 0.607. The Kier molecular flexibility index (Phi) is 5.14.